The molecule has 1 amide bonds. The molecule has 1 aromatic heterocycles. The zero-order chi connectivity index (χ0) is 13.5. The van der Waals surface area contributed by atoms with Gasteiger partial charge in [0.1, 0.15) is 0 Å². The van der Waals surface area contributed by atoms with Crippen LogP contribution in [0.2, 0.25) is 0 Å². The monoisotopic (exact) mass is 251 g/mol. The Labute approximate surface area is 105 Å². The fourth-order valence-electron chi connectivity index (χ4n) is 1.26. The summed E-state index contributed by atoms with van der Waals surface area (Å²) in [5, 5.41) is 14.2. The number of rotatable bonds is 6. The van der Waals surface area contributed by atoms with E-state index in [4.69, 9.17) is 5.11 Å². The molecule has 1 heterocycles. The minimum atomic E-state index is -0.930. The molecule has 6 nitrogen and oxygen atoms in total. The number of carbonyl (C=O) groups excluding carboxylic acids is 1. The zero-order valence-corrected chi connectivity index (χ0v) is 10.4. The summed E-state index contributed by atoms with van der Waals surface area (Å²) in [4.78, 5) is 25.9. The summed E-state index contributed by atoms with van der Waals surface area (Å²) in [7, 11) is 0. The quantitative estimate of drug-likeness (QED) is 0.690. The van der Waals surface area contributed by atoms with Crippen LogP contribution in [0.15, 0.2) is 18.3 Å². The number of nitrogens with one attached hydrogen (secondary N) is 2. The molecule has 0 aliphatic carbocycles. The van der Waals surface area contributed by atoms with Crippen molar-refractivity contribution in [1.82, 2.24) is 10.3 Å². The number of amides is 1. The fraction of sp³-hybridized carbons (Fsp3) is 0.417. The van der Waals surface area contributed by atoms with Crippen molar-refractivity contribution in [3.05, 3.63) is 24.0 Å². The molecule has 0 aromatic carbocycles. The fourth-order valence-corrected chi connectivity index (χ4v) is 1.26. The van der Waals surface area contributed by atoms with Crippen LogP contribution in [0.1, 0.15) is 19.5 Å². The topological polar surface area (TPSA) is 91.3 Å². The van der Waals surface area contributed by atoms with E-state index in [2.05, 4.69) is 15.6 Å². The van der Waals surface area contributed by atoms with E-state index in [1.54, 1.807) is 12.1 Å². The van der Waals surface area contributed by atoms with E-state index in [0.29, 0.717) is 11.4 Å². The highest BCUT2D eigenvalue weighted by molar-refractivity contribution is 5.92. The molecule has 98 valence electrons. The lowest BCUT2D eigenvalue weighted by atomic mass is 10.2. The van der Waals surface area contributed by atoms with Gasteiger partial charge in [0, 0.05) is 6.04 Å². The number of nitrogens with zero attached hydrogens (tertiary/aromatic N) is 1. The van der Waals surface area contributed by atoms with Crippen LogP contribution in [0.5, 0.6) is 0 Å². The Hall–Kier alpha value is -1.95. The summed E-state index contributed by atoms with van der Waals surface area (Å²) in [6.07, 6.45) is 1.33. The molecule has 1 aromatic rings. The van der Waals surface area contributed by atoms with Crippen molar-refractivity contribution in [2.24, 2.45) is 0 Å². The lowest BCUT2D eigenvalue weighted by molar-refractivity contribution is -0.136. The van der Waals surface area contributed by atoms with Crippen molar-refractivity contribution in [3.63, 3.8) is 0 Å². The molecule has 0 saturated carbocycles. The molecule has 0 atom stereocenters. The minimum absolute atomic E-state index is 0.122. The second-order valence-electron chi connectivity index (χ2n) is 4.19. The van der Waals surface area contributed by atoms with Gasteiger partial charge >= 0.3 is 5.97 Å². The van der Waals surface area contributed by atoms with Crippen molar-refractivity contribution in [2.75, 3.05) is 11.9 Å². The molecular weight excluding hydrogens is 234 g/mol. The summed E-state index contributed by atoms with van der Waals surface area (Å²) in [5.74, 6) is -1.09. The summed E-state index contributed by atoms with van der Waals surface area (Å²) in [6.45, 7) is 4.14. The lowest BCUT2D eigenvalue weighted by Gasteiger charge is -2.08. The van der Waals surface area contributed by atoms with E-state index in [-0.39, 0.29) is 24.9 Å². The molecule has 0 radical (unpaired) electrons. The van der Waals surface area contributed by atoms with E-state index in [1.165, 1.54) is 6.20 Å². The van der Waals surface area contributed by atoms with Crippen LogP contribution in [0.4, 0.5) is 5.69 Å². The number of pyridine rings is 1. The molecular formula is C12H17N3O3. The molecule has 0 unspecified atom stereocenters. The third kappa shape index (κ3) is 5.40. The van der Waals surface area contributed by atoms with E-state index >= 15 is 0 Å². The predicted molar refractivity (Wildman–Crippen MR) is 67.3 cm³/mol. The smallest absolute Gasteiger partial charge is 0.309 e. The third-order valence-corrected chi connectivity index (χ3v) is 2.11. The number of aromatic nitrogens is 1. The average Bonchev–Trinajstić information content (AvgIpc) is 2.28. The van der Waals surface area contributed by atoms with Crippen LogP contribution < -0.4 is 10.6 Å². The average molecular weight is 251 g/mol. The minimum Gasteiger partial charge on any atom is -0.481 e. The summed E-state index contributed by atoms with van der Waals surface area (Å²) < 4.78 is 0. The number of carbonyl (C=O) groups is 2. The number of aliphatic carboxylic acids is 1. The van der Waals surface area contributed by atoms with Crippen LogP contribution >= 0.6 is 0 Å². The van der Waals surface area contributed by atoms with Crippen LogP contribution in [-0.4, -0.2) is 34.6 Å². The van der Waals surface area contributed by atoms with Crippen molar-refractivity contribution in [1.29, 1.82) is 0 Å². The third-order valence-electron chi connectivity index (χ3n) is 2.11. The van der Waals surface area contributed by atoms with Gasteiger partial charge in [-0.25, -0.2) is 0 Å². The molecule has 0 fully saturated rings. The number of anilines is 1. The van der Waals surface area contributed by atoms with Gasteiger partial charge in [-0.1, -0.05) is 13.8 Å². The highest BCUT2D eigenvalue weighted by atomic mass is 16.4. The van der Waals surface area contributed by atoms with E-state index in [0.717, 1.165) is 0 Å². The van der Waals surface area contributed by atoms with E-state index in [9.17, 15) is 9.59 Å². The molecule has 0 aliphatic rings. The van der Waals surface area contributed by atoms with Gasteiger partial charge in [-0.2, -0.15) is 0 Å². The Morgan fingerprint density at radius 2 is 2.11 bits per heavy atom. The molecule has 6 heteroatoms. The molecule has 1 rings (SSSR count). The highest BCUT2D eigenvalue weighted by Crippen LogP contribution is 2.06. The maximum atomic E-state index is 11.5. The Bertz CT molecular complexity index is 415. The molecule has 0 saturated heterocycles. The Morgan fingerprint density at radius 1 is 1.39 bits per heavy atom. The number of carboxylic acid groups (broad SMARTS) is 1. The van der Waals surface area contributed by atoms with Crippen molar-refractivity contribution in [3.8, 4) is 0 Å². The first-order valence-electron chi connectivity index (χ1n) is 5.67. The molecule has 3 N–H and O–H groups in total. The van der Waals surface area contributed by atoms with Gasteiger partial charge in [-0.05, 0) is 12.1 Å². The summed E-state index contributed by atoms with van der Waals surface area (Å²) in [6, 6.07) is 3.46. The standard InChI is InChI=1S/C12H17N3O3/c1-8(2)13-7-11(16)15-10-4-3-9(14-6-10)5-12(17)18/h3-4,6,8,13H,5,7H2,1-2H3,(H,15,16)(H,17,18). The van der Waals surface area contributed by atoms with Crippen molar-refractivity contribution >= 4 is 17.6 Å². The lowest BCUT2D eigenvalue weighted by Crippen LogP contribution is -2.32. The van der Waals surface area contributed by atoms with Crippen molar-refractivity contribution in [2.45, 2.75) is 26.3 Å². The zero-order valence-electron chi connectivity index (χ0n) is 10.4. The maximum Gasteiger partial charge on any atom is 0.309 e. The van der Waals surface area contributed by atoms with Gasteiger partial charge in [-0.3, -0.25) is 14.6 Å². The number of hydrogen-bond acceptors (Lipinski definition) is 4. The first-order valence-corrected chi connectivity index (χ1v) is 5.67. The number of hydrogen-bond donors (Lipinski definition) is 3. The summed E-state index contributed by atoms with van der Waals surface area (Å²) in [5.41, 5.74) is 1.01. The van der Waals surface area contributed by atoms with Gasteiger partial charge in [0.25, 0.3) is 0 Å². The Balaban J connectivity index is 2.48. The Morgan fingerprint density at radius 3 is 2.61 bits per heavy atom. The first-order chi connectivity index (χ1) is 8.47. The van der Waals surface area contributed by atoms with Crippen LogP contribution in [0, 0.1) is 0 Å². The normalized spacial score (nSPS) is 10.4. The Kier molecular flexibility index (Phi) is 5.26. The molecule has 0 bridgehead atoms. The van der Waals surface area contributed by atoms with Gasteiger partial charge in [-0.15, -0.1) is 0 Å². The highest BCUT2D eigenvalue weighted by Gasteiger charge is 2.05. The van der Waals surface area contributed by atoms with Gasteiger partial charge in [0.15, 0.2) is 0 Å². The largest absolute Gasteiger partial charge is 0.481 e. The first kappa shape index (κ1) is 14.1. The van der Waals surface area contributed by atoms with Gasteiger partial charge in [0.2, 0.25) is 5.91 Å². The van der Waals surface area contributed by atoms with E-state index in [1.807, 2.05) is 13.8 Å². The summed E-state index contributed by atoms with van der Waals surface area (Å²) >= 11 is 0. The maximum absolute atomic E-state index is 11.5. The second-order valence-corrected chi connectivity index (χ2v) is 4.19. The second kappa shape index (κ2) is 6.70. The van der Waals surface area contributed by atoms with Crippen molar-refractivity contribution < 1.29 is 14.7 Å². The van der Waals surface area contributed by atoms with Crippen LogP contribution in [0.3, 0.4) is 0 Å². The predicted octanol–water partition coefficient (Wildman–Crippen LogP) is 0.645. The van der Waals surface area contributed by atoms with Gasteiger partial charge in [0.05, 0.1) is 30.5 Å². The van der Waals surface area contributed by atoms with Gasteiger partial charge < -0.3 is 15.7 Å². The molecule has 0 spiro atoms. The molecule has 18 heavy (non-hydrogen) atoms. The molecule has 0 aliphatic heterocycles. The van der Waals surface area contributed by atoms with E-state index < -0.39 is 5.97 Å². The number of carboxylic acids is 1. The van der Waals surface area contributed by atoms with Crippen LogP contribution in [0.25, 0.3) is 0 Å². The SMILES string of the molecule is CC(C)NCC(=O)Nc1ccc(CC(=O)O)nc1. The van der Waals surface area contributed by atoms with Crippen LogP contribution in [-0.2, 0) is 16.0 Å².